The average molecular weight is 308 g/mol. The number of aryl methyl sites for hydroxylation is 2. The van der Waals surface area contributed by atoms with Crippen molar-refractivity contribution in [1.82, 2.24) is 15.1 Å². The van der Waals surface area contributed by atoms with E-state index in [0.717, 1.165) is 11.0 Å². The summed E-state index contributed by atoms with van der Waals surface area (Å²) >= 11 is 3.65. The van der Waals surface area contributed by atoms with Crippen LogP contribution in [0.15, 0.2) is 35.1 Å². The highest BCUT2D eigenvalue weighted by Crippen LogP contribution is 2.29. The summed E-state index contributed by atoms with van der Waals surface area (Å²) in [5.41, 5.74) is 3.69. The lowest BCUT2D eigenvalue weighted by Crippen LogP contribution is -2.22. The first kappa shape index (κ1) is 13.3. The van der Waals surface area contributed by atoms with Gasteiger partial charge >= 0.3 is 0 Å². The lowest BCUT2D eigenvalue weighted by molar-refractivity contribution is 0.627. The van der Waals surface area contributed by atoms with Gasteiger partial charge in [0.25, 0.3) is 0 Å². The Kier molecular flexibility index (Phi) is 4.19. The maximum atomic E-state index is 4.25. The first-order chi connectivity index (χ1) is 8.61. The Morgan fingerprint density at radius 3 is 2.78 bits per heavy atom. The standard InChI is InChI=1S/C14H18BrN3/c1-4-16-14(11-8-17-18(3)9-11)12-6-5-10(2)7-13(12)15/h5-9,14,16H,4H2,1-3H3. The van der Waals surface area contributed by atoms with Crippen LogP contribution in [0.3, 0.4) is 0 Å². The summed E-state index contributed by atoms with van der Waals surface area (Å²) in [6.07, 6.45) is 3.97. The Labute approximate surface area is 116 Å². The molecule has 0 fully saturated rings. The SMILES string of the molecule is CCNC(c1cnn(C)c1)c1ccc(C)cc1Br. The van der Waals surface area contributed by atoms with E-state index in [2.05, 4.69) is 64.6 Å². The van der Waals surface area contributed by atoms with E-state index in [4.69, 9.17) is 0 Å². The molecule has 0 spiro atoms. The average Bonchev–Trinajstić information content (AvgIpc) is 2.73. The molecule has 1 atom stereocenters. The Morgan fingerprint density at radius 1 is 1.44 bits per heavy atom. The monoisotopic (exact) mass is 307 g/mol. The number of nitrogens with zero attached hydrogens (tertiary/aromatic N) is 2. The largest absolute Gasteiger partial charge is 0.306 e. The third-order valence-corrected chi connectivity index (χ3v) is 3.62. The van der Waals surface area contributed by atoms with E-state index in [-0.39, 0.29) is 6.04 Å². The predicted octanol–water partition coefficient (Wildman–Crippen LogP) is 3.19. The van der Waals surface area contributed by atoms with E-state index >= 15 is 0 Å². The summed E-state index contributed by atoms with van der Waals surface area (Å²) in [7, 11) is 1.94. The Balaban J connectivity index is 2.41. The van der Waals surface area contributed by atoms with E-state index in [1.165, 1.54) is 16.7 Å². The van der Waals surface area contributed by atoms with Crippen LogP contribution in [-0.2, 0) is 7.05 Å². The van der Waals surface area contributed by atoms with Gasteiger partial charge in [-0.25, -0.2) is 0 Å². The minimum absolute atomic E-state index is 0.179. The van der Waals surface area contributed by atoms with Gasteiger partial charge in [0.2, 0.25) is 0 Å². The highest BCUT2D eigenvalue weighted by Gasteiger charge is 2.17. The third kappa shape index (κ3) is 2.82. The van der Waals surface area contributed by atoms with E-state index in [9.17, 15) is 0 Å². The Hall–Kier alpha value is -1.13. The quantitative estimate of drug-likeness (QED) is 0.940. The van der Waals surface area contributed by atoms with Crippen LogP contribution in [0.1, 0.15) is 29.7 Å². The molecule has 0 aliphatic rings. The van der Waals surface area contributed by atoms with Crippen molar-refractivity contribution in [2.75, 3.05) is 6.54 Å². The number of hydrogen-bond acceptors (Lipinski definition) is 2. The number of benzene rings is 1. The second-order valence-corrected chi connectivity index (χ2v) is 5.32. The van der Waals surface area contributed by atoms with Crippen LogP contribution < -0.4 is 5.32 Å². The minimum atomic E-state index is 0.179. The van der Waals surface area contributed by atoms with E-state index in [1.807, 2.05) is 17.9 Å². The number of nitrogens with one attached hydrogen (secondary N) is 1. The smallest absolute Gasteiger partial charge is 0.0618 e. The Bertz CT molecular complexity index is 534. The van der Waals surface area contributed by atoms with Crippen molar-refractivity contribution in [3.8, 4) is 0 Å². The molecule has 1 unspecified atom stereocenters. The highest BCUT2D eigenvalue weighted by atomic mass is 79.9. The van der Waals surface area contributed by atoms with Crippen LogP contribution in [0.2, 0.25) is 0 Å². The molecule has 0 amide bonds. The second kappa shape index (κ2) is 5.67. The molecule has 2 rings (SSSR count). The third-order valence-electron chi connectivity index (χ3n) is 2.93. The lowest BCUT2D eigenvalue weighted by atomic mass is 10.0. The summed E-state index contributed by atoms with van der Waals surface area (Å²) < 4.78 is 2.97. The van der Waals surface area contributed by atoms with Crippen LogP contribution in [0.4, 0.5) is 0 Å². The lowest BCUT2D eigenvalue weighted by Gasteiger charge is -2.18. The van der Waals surface area contributed by atoms with Gasteiger partial charge in [-0.05, 0) is 30.7 Å². The van der Waals surface area contributed by atoms with E-state index < -0.39 is 0 Å². The molecule has 0 radical (unpaired) electrons. The molecule has 1 aromatic heterocycles. The van der Waals surface area contributed by atoms with Crippen molar-refractivity contribution in [3.63, 3.8) is 0 Å². The van der Waals surface area contributed by atoms with Gasteiger partial charge in [-0.3, -0.25) is 4.68 Å². The van der Waals surface area contributed by atoms with Gasteiger partial charge in [0.15, 0.2) is 0 Å². The molecule has 0 bridgehead atoms. The summed E-state index contributed by atoms with van der Waals surface area (Å²) in [5, 5.41) is 7.76. The molecule has 1 aromatic carbocycles. The highest BCUT2D eigenvalue weighted by molar-refractivity contribution is 9.10. The minimum Gasteiger partial charge on any atom is -0.306 e. The van der Waals surface area contributed by atoms with Gasteiger partial charge in [0.05, 0.1) is 12.2 Å². The molecule has 1 N–H and O–H groups in total. The molecule has 0 saturated carbocycles. The van der Waals surface area contributed by atoms with Gasteiger partial charge in [-0.15, -0.1) is 0 Å². The maximum absolute atomic E-state index is 4.25. The van der Waals surface area contributed by atoms with Gasteiger partial charge in [-0.1, -0.05) is 35.0 Å². The first-order valence-corrected chi connectivity index (χ1v) is 6.89. The topological polar surface area (TPSA) is 29.9 Å². The van der Waals surface area contributed by atoms with Crippen LogP contribution in [0.5, 0.6) is 0 Å². The number of halogens is 1. The Morgan fingerprint density at radius 2 is 2.22 bits per heavy atom. The van der Waals surface area contributed by atoms with Crippen LogP contribution >= 0.6 is 15.9 Å². The molecular formula is C14H18BrN3. The maximum Gasteiger partial charge on any atom is 0.0618 e. The summed E-state index contributed by atoms with van der Waals surface area (Å²) in [6, 6.07) is 6.63. The number of rotatable bonds is 4. The first-order valence-electron chi connectivity index (χ1n) is 6.09. The molecule has 18 heavy (non-hydrogen) atoms. The molecule has 4 heteroatoms. The molecule has 0 aliphatic carbocycles. The van der Waals surface area contributed by atoms with Crippen molar-refractivity contribution < 1.29 is 0 Å². The fraction of sp³-hybridized carbons (Fsp3) is 0.357. The molecule has 3 nitrogen and oxygen atoms in total. The van der Waals surface area contributed by atoms with Crippen molar-refractivity contribution in [2.45, 2.75) is 19.9 Å². The van der Waals surface area contributed by atoms with Crippen LogP contribution in [0, 0.1) is 6.92 Å². The van der Waals surface area contributed by atoms with Gasteiger partial charge < -0.3 is 5.32 Å². The van der Waals surface area contributed by atoms with Crippen LogP contribution in [-0.4, -0.2) is 16.3 Å². The molecule has 96 valence electrons. The predicted molar refractivity (Wildman–Crippen MR) is 77.6 cm³/mol. The van der Waals surface area contributed by atoms with Gasteiger partial charge in [-0.2, -0.15) is 5.10 Å². The summed E-state index contributed by atoms with van der Waals surface area (Å²) in [6.45, 7) is 5.13. The van der Waals surface area contributed by atoms with E-state index in [1.54, 1.807) is 0 Å². The fourth-order valence-electron chi connectivity index (χ4n) is 2.07. The zero-order valence-electron chi connectivity index (χ0n) is 10.9. The van der Waals surface area contributed by atoms with E-state index in [0.29, 0.717) is 0 Å². The molecule has 2 aromatic rings. The zero-order valence-corrected chi connectivity index (χ0v) is 12.5. The fourth-order valence-corrected chi connectivity index (χ4v) is 2.79. The second-order valence-electron chi connectivity index (χ2n) is 4.46. The van der Waals surface area contributed by atoms with Crippen molar-refractivity contribution >= 4 is 15.9 Å². The van der Waals surface area contributed by atoms with Crippen LogP contribution in [0.25, 0.3) is 0 Å². The van der Waals surface area contributed by atoms with Crippen molar-refractivity contribution in [2.24, 2.45) is 7.05 Å². The zero-order chi connectivity index (χ0) is 13.1. The van der Waals surface area contributed by atoms with Gasteiger partial charge in [0.1, 0.15) is 0 Å². The molecule has 0 aliphatic heterocycles. The summed E-state index contributed by atoms with van der Waals surface area (Å²) in [5.74, 6) is 0. The van der Waals surface area contributed by atoms with Gasteiger partial charge in [0, 0.05) is 23.3 Å². The molecule has 0 saturated heterocycles. The van der Waals surface area contributed by atoms with Crippen molar-refractivity contribution in [3.05, 3.63) is 51.8 Å². The van der Waals surface area contributed by atoms with Crippen molar-refractivity contribution in [1.29, 1.82) is 0 Å². The number of hydrogen-bond donors (Lipinski definition) is 1. The number of aromatic nitrogens is 2. The normalized spacial score (nSPS) is 12.7. The molecule has 1 heterocycles. The molecular weight excluding hydrogens is 290 g/mol. The summed E-state index contributed by atoms with van der Waals surface area (Å²) in [4.78, 5) is 0.